The third-order valence-electron chi connectivity index (χ3n) is 4.06. The second-order valence-corrected chi connectivity index (χ2v) is 5.82. The van der Waals surface area contributed by atoms with Crippen LogP contribution in [0.1, 0.15) is 28.8 Å². The summed E-state index contributed by atoms with van der Waals surface area (Å²) >= 11 is 0. The normalized spacial score (nSPS) is 19.6. The SMILES string of the molecule is Cc1cc(C(=O)O)ccc1OCCN1CCCC(C(F)(F)F)C1. The number of benzene rings is 1. The summed E-state index contributed by atoms with van der Waals surface area (Å²) in [7, 11) is 0. The van der Waals surface area contributed by atoms with Crippen molar-refractivity contribution in [1.29, 1.82) is 0 Å². The van der Waals surface area contributed by atoms with Gasteiger partial charge in [0.1, 0.15) is 12.4 Å². The minimum atomic E-state index is -4.14. The molecule has 2 rings (SSSR count). The largest absolute Gasteiger partial charge is 0.492 e. The summed E-state index contributed by atoms with van der Waals surface area (Å²) in [5, 5.41) is 8.90. The van der Waals surface area contributed by atoms with E-state index in [-0.39, 0.29) is 25.1 Å². The van der Waals surface area contributed by atoms with Crippen LogP contribution in [-0.4, -0.2) is 48.4 Å². The van der Waals surface area contributed by atoms with Crippen LogP contribution in [0.15, 0.2) is 18.2 Å². The molecule has 0 aliphatic carbocycles. The number of alkyl halides is 3. The smallest absolute Gasteiger partial charge is 0.393 e. The van der Waals surface area contributed by atoms with Gasteiger partial charge < -0.3 is 9.84 Å². The Kier molecular flexibility index (Phi) is 5.51. The van der Waals surface area contributed by atoms with Gasteiger partial charge in [0.05, 0.1) is 11.5 Å². The van der Waals surface area contributed by atoms with Gasteiger partial charge in [0, 0.05) is 13.1 Å². The van der Waals surface area contributed by atoms with E-state index in [4.69, 9.17) is 9.84 Å². The lowest BCUT2D eigenvalue weighted by molar-refractivity contribution is -0.186. The Bertz CT molecular complexity index is 560. The molecule has 0 aromatic heterocycles. The van der Waals surface area contributed by atoms with E-state index in [1.165, 1.54) is 12.1 Å². The van der Waals surface area contributed by atoms with Crippen LogP contribution in [-0.2, 0) is 0 Å². The van der Waals surface area contributed by atoms with Gasteiger partial charge >= 0.3 is 12.1 Å². The Morgan fingerprint density at radius 1 is 1.43 bits per heavy atom. The van der Waals surface area contributed by atoms with Gasteiger partial charge in [0.2, 0.25) is 0 Å². The average Bonchev–Trinajstić information content (AvgIpc) is 2.48. The second-order valence-electron chi connectivity index (χ2n) is 5.82. The molecule has 128 valence electrons. The van der Waals surface area contributed by atoms with Crippen LogP contribution in [0.4, 0.5) is 13.2 Å². The van der Waals surface area contributed by atoms with E-state index in [1.807, 2.05) is 0 Å². The quantitative estimate of drug-likeness (QED) is 0.899. The van der Waals surface area contributed by atoms with E-state index in [1.54, 1.807) is 17.9 Å². The third-order valence-corrected chi connectivity index (χ3v) is 4.06. The number of carboxylic acids is 1. The number of halogens is 3. The molecule has 0 amide bonds. The number of ether oxygens (including phenoxy) is 1. The maximum atomic E-state index is 12.8. The molecule has 1 heterocycles. The van der Waals surface area contributed by atoms with Gasteiger partial charge in [-0.1, -0.05) is 0 Å². The summed E-state index contributed by atoms with van der Waals surface area (Å²) in [6, 6.07) is 4.54. The van der Waals surface area contributed by atoms with Crippen molar-refractivity contribution in [2.75, 3.05) is 26.2 Å². The predicted molar refractivity (Wildman–Crippen MR) is 78.9 cm³/mol. The van der Waals surface area contributed by atoms with Crippen LogP contribution in [0.25, 0.3) is 0 Å². The molecule has 1 fully saturated rings. The van der Waals surface area contributed by atoms with Crippen molar-refractivity contribution >= 4 is 5.97 Å². The number of nitrogens with zero attached hydrogens (tertiary/aromatic N) is 1. The summed E-state index contributed by atoms with van der Waals surface area (Å²) in [6.07, 6.45) is -3.41. The third kappa shape index (κ3) is 4.86. The van der Waals surface area contributed by atoms with Crippen LogP contribution in [0, 0.1) is 12.8 Å². The topological polar surface area (TPSA) is 49.8 Å². The zero-order valence-electron chi connectivity index (χ0n) is 12.9. The summed E-state index contributed by atoms with van der Waals surface area (Å²) in [5.74, 6) is -1.71. The first kappa shape index (κ1) is 17.6. The summed E-state index contributed by atoms with van der Waals surface area (Å²) in [6.45, 7) is 3.10. The van der Waals surface area contributed by atoms with Gasteiger partial charge in [0.25, 0.3) is 0 Å². The van der Waals surface area contributed by atoms with Gasteiger partial charge in [-0.2, -0.15) is 13.2 Å². The van der Waals surface area contributed by atoms with Gasteiger partial charge in [-0.25, -0.2) is 4.79 Å². The fourth-order valence-corrected chi connectivity index (χ4v) is 2.75. The van der Waals surface area contributed by atoms with E-state index in [0.717, 1.165) is 0 Å². The standard InChI is InChI=1S/C16H20F3NO3/c1-11-9-12(15(21)22)4-5-14(11)23-8-7-20-6-2-3-13(10-20)16(17,18)19/h4-5,9,13H,2-3,6-8,10H2,1H3,(H,21,22). The maximum absolute atomic E-state index is 12.8. The molecule has 7 heteroatoms. The zero-order chi connectivity index (χ0) is 17.0. The van der Waals surface area contributed by atoms with Gasteiger partial charge in [0.15, 0.2) is 0 Å². The molecule has 1 aromatic carbocycles. The molecule has 1 aliphatic rings. The lowest BCUT2D eigenvalue weighted by atomic mass is 9.98. The molecular formula is C16H20F3NO3. The first-order valence-corrected chi connectivity index (χ1v) is 7.53. The van der Waals surface area contributed by atoms with Crippen LogP contribution >= 0.6 is 0 Å². The molecule has 1 unspecified atom stereocenters. The molecular weight excluding hydrogens is 311 g/mol. The van der Waals surface area contributed by atoms with Gasteiger partial charge in [-0.05, 0) is 50.1 Å². The molecule has 1 atom stereocenters. The maximum Gasteiger partial charge on any atom is 0.393 e. The number of aryl methyl sites for hydroxylation is 1. The highest BCUT2D eigenvalue weighted by molar-refractivity contribution is 5.88. The lowest BCUT2D eigenvalue weighted by Gasteiger charge is -2.33. The van der Waals surface area contributed by atoms with Crippen LogP contribution < -0.4 is 4.74 Å². The second kappa shape index (κ2) is 7.21. The number of likely N-dealkylation sites (tertiary alicyclic amines) is 1. The molecule has 0 radical (unpaired) electrons. The van der Waals surface area contributed by atoms with E-state index in [2.05, 4.69) is 0 Å². The summed E-state index contributed by atoms with van der Waals surface area (Å²) in [4.78, 5) is 12.6. The first-order chi connectivity index (χ1) is 10.8. The average molecular weight is 331 g/mol. The zero-order valence-corrected chi connectivity index (χ0v) is 12.9. The van der Waals surface area contributed by atoms with Crippen molar-refractivity contribution in [3.8, 4) is 5.75 Å². The highest BCUT2D eigenvalue weighted by Gasteiger charge is 2.41. The minimum Gasteiger partial charge on any atom is -0.492 e. The van der Waals surface area contributed by atoms with Gasteiger partial charge in [-0.3, -0.25) is 4.90 Å². The Morgan fingerprint density at radius 2 is 2.17 bits per heavy atom. The fourth-order valence-electron chi connectivity index (χ4n) is 2.75. The summed E-state index contributed by atoms with van der Waals surface area (Å²) in [5.41, 5.74) is 0.871. The number of carbonyl (C=O) groups is 1. The number of hydrogen-bond donors (Lipinski definition) is 1. The van der Waals surface area contributed by atoms with E-state index >= 15 is 0 Å². The molecule has 1 aliphatic heterocycles. The van der Waals surface area contributed by atoms with Crippen molar-refractivity contribution in [3.05, 3.63) is 29.3 Å². The number of aromatic carboxylic acids is 1. The fraction of sp³-hybridized carbons (Fsp3) is 0.562. The molecule has 0 saturated carbocycles. The molecule has 1 aromatic rings. The number of rotatable bonds is 5. The highest BCUT2D eigenvalue weighted by Crippen LogP contribution is 2.33. The van der Waals surface area contributed by atoms with E-state index in [0.29, 0.717) is 30.8 Å². The van der Waals surface area contributed by atoms with Crippen LogP contribution in [0.5, 0.6) is 5.75 Å². The van der Waals surface area contributed by atoms with Gasteiger partial charge in [-0.15, -0.1) is 0 Å². The lowest BCUT2D eigenvalue weighted by Crippen LogP contribution is -2.43. The van der Waals surface area contributed by atoms with Crippen molar-refractivity contribution < 1.29 is 27.8 Å². The molecule has 0 spiro atoms. The molecule has 1 saturated heterocycles. The van der Waals surface area contributed by atoms with E-state index in [9.17, 15) is 18.0 Å². The molecule has 1 N–H and O–H groups in total. The number of piperidine rings is 1. The Morgan fingerprint density at radius 3 is 2.78 bits per heavy atom. The number of carboxylic acid groups (broad SMARTS) is 1. The minimum absolute atomic E-state index is 0.0177. The highest BCUT2D eigenvalue weighted by atomic mass is 19.4. The van der Waals surface area contributed by atoms with Crippen molar-refractivity contribution in [2.24, 2.45) is 5.92 Å². The Balaban J connectivity index is 1.84. The molecule has 23 heavy (non-hydrogen) atoms. The first-order valence-electron chi connectivity index (χ1n) is 7.53. The van der Waals surface area contributed by atoms with Crippen LogP contribution in [0.3, 0.4) is 0 Å². The summed E-state index contributed by atoms with van der Waals surface area (Å²) < 4.78 is 43.8. The van der Waals surface area contributed by atoms with Crippen molar-refractivity contribution in [2.45, 2.75) is 25.9 Å². The Hall–Kier alpha value is -1.76. The van der Waals surface area contributed by atoms with Crippen LogP contribution in [0.2, 0.25) is 0 Å². The van der Waals surface area contributed by atoms with Crippen molar-refractivity contribution in [1.82, 2.24) is 4.90 Å². The number of hydrogen-bond acceptors (Lipinski definition) is 3. The van der Waals surface area contributed by atoms with E-state index < -0.39 is 18.1 Å². The predicted octanol–water partition coefficient (Wildman–Crippen LogP) is 3.35. The molecule has 0 bridgehead atoms. The molecule has 4 nitrogen and oxygen atoms in total. The monoisotopic (exact) mass is 331 g/mol. The Labute approximate surface area is 132 Å². The van der Waals surface area contributed by atoms with Crippen molar-refractivity contribution in [3.63, 3.8) is 0 Å².